The van der Waals surface area contributed by atoms with E-state index in [-0.39, 0.29) is 5.78 Å². The average molecular weight is 414 g/mol. The molecule has 1 aliphatic carbocycles. The molecular formula is C18H27IN2O. The molecule has 0 fully saturated rings. The summed E-state index contributed by atoms with van der Waals surface area (Å²) in [6.45, 7) is 6.81. The molecule has 3 atom stereocenters. The van der Waals surface area contributed by atoms with Crippen LogP contribution in [0, 0.1) is 11.8 Å². The summed E-state index contributed by atoms with van der Waals surface area (Å²) in [5.74, 6) is 0.993. The molecule has 0 saturated heterocycles. The quantitative estimate of drug-likeness (QED) is 0.346. The van der Waals surface area contributed by atoms with Gasteiger partial charge in [0.2, 0.25) is 0 Å². The number of ketones is 1. The predicted molar refractivity (Wildman–Crippen MR) is 103 cm³/mol. The van der Waals surface area contributed by atoms with Crippen molar-refractivity contribution in [3.8, 4) is 0 Å². The first kappa shape index (κ1) is 19.3. The standard InChI is InChI=1S/C18H27IN2O/c1-3-14(10-18(19)12-21)16-7-8-17(11-20)15(9-16)6-4-5-13(2)22/h3,7-10,15,17-18H,1,4-6,11-12,20-21H2,2H3/b14-10+/t15-,17?,18?/m0/s1. The van der Waals surface area contributed by atoms with E-state index < -0.39 is 0 Å². The van der Waals surface area contributed by atoms with Crippen LogP contribution in [0.3, 0.4) is 0 Å². The fourth-order valence-electron chi connectivity index (χ4n) is 2.65. The third-order valence-corrected chi connectivity index (χ3v) is 4.81. The minimum absolute atomic E-state index is 0.252. The van der Waals surface area contributed by atoms with E-state index in [1.54, 1.807) is 6.92 Å². The molecule has 3 nitrogen and oxygen atoms in total. The SMILES string of the molecule is C=C/C(=C\C(I)CN)C1=C[C@H](CCCC(C)=O)C(CN)C=C1. The van der Waals surface area contributed by atoms with Gasteiger partial charge in [-0.25, -0.2) is 0 Å². The molecule has 1 rings (SSSR count). The number of halogens is 1. The number of carbonyl (C=O) groups excluding carboxylic acids is 1. The fourth-order valence-corrected chi connectivity index (χ4v) is 3.04. The summed E-state index contributed by atoms with van der Waals surface area (Å²) >= 11 is 2.33. The van der Waals surface area contributed by atoms with E-state index in [0.29, 0.717) is 35.3 Å². The van der Waals surface area contributed by atoms with E-state index in [9.17, 15) is 4.79 Å². The molecule has 1 aliphatic rings. The summed E-state index contributed by atoms with van der Waals surface area (Å²) in [5.41, 5.74) is 13.9. The molecule has 122 valence electrons. The van der Waals surface area contributed by atoms with E-state index in [1.165, 1.54) is 5.57 Å². The Morgan fingerprint density at radius 3 is 2.73 bits per heavy atom. The van der Waals surface area contributed by atoms with E-state index in [2.05, 4.69) is 53.5 Å². The van der Waals surface area contributed by atoms with Gasteiger partial charge in [0, 0.05) is 16.9 Å². The van der Waals surface area contributed by atoms with Gasteiger partial charge in [0.05, 0.1) is 0 Å². The Balaban J connectivity index is 2.87. The van der Waals surface area contributed by atoms with Crippen LogP contribution in [-0.2, 0) is 4.79 Å². The molecule has 22 heavy (non-hydrogen) atoms. The minimum atomic E-state index is 0.252. The van der Waals surface area contributed by atoms with Crippen molar-refractivity contribution in [3.63, 3.8) is 0 Å². The largest absolute Gasteiger partial charge is 0.330 e. The Labute approximate surface area is 147 Å². The second-order valence-electron chi connectivity index (χ2n) is 5.72. The van der Waals surface area contributed by atoms with Crippen molar-refractivity contribution in [1.82, 2.24) is 0 Å². The van der Waals surface area contributed by atoms with Gasteiger partial charge in [-0.2, -0.15) is 0 Å². The van der Waals surface area contributed by atoms with Crippen molar-refractivity contribution in [2.75, 3.05) is 13.1 Å². The number of carbonyl (C=O) groups is 1. The van der Waals surface area contributed by atoms with Crippen LogP contribution in [0.1, 0.15) is 26.2 Å². The van der Waals surface area contributed by atoms with E-state index in [0.717, 1.165) is 18.4 Å². The molecule has 4 N–H and O–H groups in total. The minimum Gasteiger partial charge on any atom is -0.330 e. The van der Waals surface area contributed by atoms with Gasteiger partial charge in [-0.1, -0.05) is 59.5 Å². The molecule has 0 bridgehead atoms. The molecule has 2 unspecified atom stereocenters. The molecule has 0 aromatic rings. The molecule has 0 aromatic heterocycles. The maximum absolute atomic E-state index is 11.1. The van der Waals surface area contributed by atoms with Gasteiger partial charge >= 0.3 is 0 Å². The number of hydrogen-bond donors (Lipinski definition) is 2. The van der Waals surface area contributed by atoms with Gasteiger partial charge in [-0.05, 0) is 49.3 Å². The summed E-state index contributed by atoms with van der Waals surface area (Å²) < 4.78 is 0.295. The van der Waals surface area contributed by atoms with Crippen molar-refractivity contribution in [2.45, 2.75) is 30.1 Å². The third kappa shape index (κ3) is 6.18. The van der Waals surface area contributed by atoms with E-state index in [4.69, 9.17) is 11.5 Å². The molecule has 0 amide bonds. The number of hydrogen-bond acceptors (Lipinski definition) is 3. The lowest BCUT2D eigenvalue weighted by molar-refractivity contribution is -0.117. The van der Waals surface area contributed by atoms with Crippen molar-refractivity contribution >= 4 is 28.4 Å². The lowest BCUT2D eigenvalue weighted by Gasteiger charge is -2.25. The Hall–Kier alpha value is -0.720. The summed E-state index contributed by atoms with van der Waals surface area (Å²) in [5, 5.41) is 0. The second-order valence-corrected chi connectivity index (χ2v) is 7.32. The first-order valence-electron chi connectivity index (χ1n) is 7.80. The Kier molecular flexibility index (Phi) is 8.90. The van der Waals surface area contributed by atoms with Crippen LogP contribution in [0.2, 0.25) is 0 Å². The number of nitrogens with two attached hydrogens (primary N) is 2. The highest BCUT2D eigenvalue weighted by Gasteiger charge is 2.20. The lowest BCUT2D eigenvalue weighted by atomic mass is 9.81. The zero-order valence-corrected chi connectivity index (χ0v) is 15.5. The highest BCUT2D eigenvalue weighted by Crippen LogP contribution is 2.30. The maximum atomic E-state index is 11.1. The van der Waals surface area contributed by atoms with Gasteiger partial charge in [-0.3, -0.25) is 0 Å². The first-order chi connectivity index (χ1) is 10.5. The molecule has 0 spiro atoms. The smallest absolute Gasteiger partial charge is 0.129 e. The monoisotopic (exact) mass is 414 g/mol. The number of alkyl halides is 1. The van der Waals surface area contributed by atoms with Crippen molar-refractivity contribution in [1.29, 1.82) is 0 Å². The topological polar surface area (TPSA) is 69.1 Å². The summed E-state index contributed by atoms with van der Waals surface area (Å²) in [6, 6.07) is 0. The molecule has 0 aliphatic heterocycles. The van der Waals surface area contributed by atoms with Crippen LogP contribution < -0.4 is 11.5 Å². The van der Waals surface area contributed by atoms with Crippen molar-refractivity contribution < 1.29 is 4.79 Å². The Bertz CT molecular complexity index is 479. The second kappa shape index (κ2) is 10.1. The highest BCUT2D eigenvalue weighted by atomic mass is 127. The maximum Gasteiger partial charge on any atom is 0.129 e. The molecule has 0 saturated carbocycles. The van der Waals surface area contributed by atoms with Crippen LogP contribution in [0.5, 0.6) is 0 Å². The van der Waals surface area contributed by atoms with Crippen molar-refractivity contribution in [3.05, 3.63) is 48.1 Å². The summed E-state index contributed by atoms with van der Waals surface area (Å²) in [4.78, 5) is 11.1. The van der Waals surface area contributed by atoms with Gasteiger partial charge in [0.15, 0.2) is 0 Å². The van der Waals surface area contributed by atoms with Crippen LogP contribution >= 0.6 is 22.6 Å². The fraction of sp³-hybridized carbons (Fsp3) is 0.500. The van der Waals surface area contributed by atoms with Crippen LogP contribution in [0.25, 0.3) is 0 Å². The highest BCUT2D eigenvalue weighted by molar-refractivity contribution is 14.1. The molecular weight excluding hydrogens is 387 g/mol. The molecule has 0 heterocycles. The van der Waals surface area contributed by atoms with Gasteiger partial charge in [-0.15, -0.1) is 0 Å². The van der Waals surface area contributed by atoms with E-state index in [1.807, 2.05) is 6.08 Å². The van der Waals surface area contributed by atoms with Crippen molar-refractivity contribution in [2.24, 2.45) is 23.3 Å². The zero-order valence-electron chi connectivity index (χ0n) is 13.3. The summed E-state index contributed by atoms with van der Waals surface area (Å²) in [6.07, 6.45) is 13.2. The normalized spacial score (nSPS) is 23.1. The molecule has 0 radical (unpaired) electrons. The zero-order chi connectivity index (χ0) is 16.5. The molecule has 0 aromatic carbocycles. The van der Waals surface area contributed by atoms with E-state index >= 15 is 0 Å². The van der Waals surface area contributed by atoms with Gasteiger partial charge in [0.25, 0.3) is 0 Å². The molecule has 4 heteroatoms. The average Bonchev–Trinajstić information content (AvgIpc) is 2.51. The lowest BCUT2D eigenvalue weighted by Crippen LogP contribution is -2.23. The van der Waals surface area contributed by atoms with Crippen LogP contribution in [0.15, 0.2) is 48.1 Å². The summed E-state index contributed by atoms with van der Waals surface area (Å²) in [7, 11) is 0. The first-order valence-corrected chi connectivity index (χ1v) is 9.04. The Morgan fingerprint density at radius 2 is 2.18 bits per heavy atom. The van der Waals surface area contributed by atoms with Gasteiger partial charge < -0.3 is 16.3 Å². The number of allylic oxidation sites excluding steroid dienone is 5. The Morgan fingerprint density at radius 1 is 1.45 bits per heavy atom. The number of Topliss-reactive ketones (excluding diaryl/α,β-unsaturated/α-hetero) is 1. The number of rotatable bonds is 9. The van der Waals surface area contributed by atoms with Gasteiger partial charge in [0.1, 0.15) is 5.78 Å². The van der Waals surface area contributed by atoms with Crippen LogP contribution in [-0.4, -0.2) is 22.8 Å². The predicted octanol–water partition coefficient (Wildman–Crippen LogP) is 3.31. The van der Waals surface area contributed by atoms with Crippen LogP contribution in [0.4, 0.5) is 0 Å². The third-order valence-electron chi connectivity index (χ3n) is 3.94.